The number of nitrogens with zero attached hydrogens (tertiary/aromatic N) is 1. The number of benzene rings is 2. The molecule has 3 aromatic rings. The molecule has 0 amide bonds. The summed E-state index contributed by atoms with van der Waals surface area (Å²) >= 11 is 25.1. The van der Waals surface area contributed by atoms with Crippen LogP contribution in [0.2, 0.25) is 20.1 Å². The van der Waals surface area contributed by atoms with Gasteiger partial charge in [0.25, 0.3) is 0 Å². The van der Waals surface area contributed by atoms with E-state index in [4.69, 9.17) is 52.1 Å². The fourth-order valence-electron chi connectivity index (χ4n) is 2.34. The first-order chi connectivity index (χ1) is 11.0. The number of anilines is 1. The largest absolute Gasteiger partial charge is 0.383 e. The van der Waals surface area contributed by atoms with Gasteiger partial charge in [-0.15, -0.1) is 0 Å². The van der Waals surface area contributed by atoms with Gasteiger partial charge in [0.15, 0.2) is 0 Å². The van der Waals surface area contributed by atoms with Gasteiger partial charge >= 0.3 is 0 Å². The Morgan fingerprint density at radius 2 is 1.22 bits per heavy atom. The second-order valence-corrected chi connectivity index (χ2v) is 6.48. The van der Waals surface area contributed by atoms with E-state index >= 15 is 0 Å². The van der Waals surface area contributed by atoms with Crippen molar-refractivity contribution in [1.82, 2.24) is 4.98 Å². The summed E-state index contributed by atoms with van der Waals surface area (Å²) in [4.78, 5) is 4.24. The number of aromatic nitrogens is 1. The van der Waals surface area contributed by atoms with Gasteiger partial charge in [-0.2, -0.15) is 0 Å². The zero-order valence-corrected chi connectivity index (χ0v) is 14.7. The lowest BCUT2D eigenvalue weighted by atomic mass is 10.0. The van der Waals surface area contributed by atoms with Crippen LogP contribution in [0.25, 0.3) is 22.3 Å². The summed E-state index contributed by atoms with van der Waals surface area (Å²) in [7, 11) is 0. The van der Waals surface area contributed by atoms with Gasteiger partial charge in [-0.05, 0) is 30.3 Å². The Labute approximate surface area is 153 Å². The molecule has 0 fully saturated rings. The molecule has 1 heterocycles. The van der Waals surface area contributed by atoms with Gasteiger partial charge in [0, 0.05) is 38.5 Å². The van der Waals surface area contributed by atoms with Gasteiger partial charge in [0.05, 0.1) is 10.0 Å². The highest BCUT2D eigenvalue weighted by Crippen LogP contribution is 2.41. The summed E-state index contributed by atoms with van der Waals surface area (Å²) in [5.74, 6) is 0.326. The standard InChI is InChI=1S/C17H10Cl4N2/c18-11-3-1-4-12(19)15(11)9-7-10(17(22)23-8-9)16-13(20)5-2-6-14(16)21/h1-8H,(H2,22,23). The lowest BCUT2D eigenvalue weighted by Crippen LogP contribution is -1.96. The summed E-state index contributed by atoms with van der Waals surface area (Å²) in [6.07, 6.45) is 1.62. The van der Waals surface area contributed by atoms with Crippen LogP contribution in [0.15, 0.2) is 48.7 Å². The third kappa shape index (κ3) is 3.13. The van der Waals surface area contributed by atoms with Gasteiger partial charge in [0.1, 0.15) is 5.82 Å². The molecule has 2 N–H and O–H groups in total. The first-order valence-corrected chi connectivity index (χ1v) is 8.14. The summed E-state index contributed by atoms with van der Waals surface area (Å²) in [6, 6.07) is 12.4. The molecule has 0 radical (unpaired) electrons. The van der Waals surface area contributed by atoms with Crippen LogP contribution in [0.3, 0.4) is 0 Å². The number of nitrogen functional groups attached to an aromatic ring is 1. The van der Waals surface area contributed by atoms with E-state index in [2.05, 4.69) is 4.98 Å². The molecule has 0 saturated carbocycles. The zero-order valence-electron chi connectivity index (χ0n) is 11.7. The Hall–Kier alpha value is -1.45. The molecular formula is C17H10Cl4N2. The smallest absolute Gasteiger partial charge is 0.131 e. The lowest BCUT2D eigenvalue weighted by Gasteiger charge is -2.13. The second-order valence-electron chi connectivity index (χ2n) is 4.85. The Morgan fingerprint density at radius 1 is 0.739 bits per heavy atom. The minimum atomic E-state index is 0.326. The van der Waals surface area contributed by atoms with Crippen LogP contribution in [-0.4, -0.2) is 4.98 Å². The van der Waals surface area contributed by atoms with Crippen LogP contribution in [0.1, 0.15) is 0 Å². The highest BCUT2D eigenvalue weighted by atomic mass is 35.5. The molecule has 2 nitrogen and oxygen atoms in total. The van der Waals surface area contributed by atoms with Crippen molar-refractivity contribution in [1.29, 1.82) is 0 Å². The monoisotopic (exact) mass is 382 g/mol. The van der Waals surface area contributed by atoms with Crippen molar-refractivity contribution in [3.63, 3.8) is 0 Å². The van der Waals surface area contributed by atoms with Crippen molar-refractivity contribution in [3.8, 4) is 22.3 Å². The summed E-state index contributed by atoms with van der Waals surface area (Å²) in [6.45, 7) is 0. The number of pyridine rings is 1. The van der Waals surface area contributed by atoms with E-state index in [1.165, 1.54) is 0 Å². The number of halogens is 4. The third-order valence-corrected chi connectivity index (χ3v) is 4.66. The molecule has 0 aliphatic carbocycles. The topological polar surface area (TPSA) is 38.9 Å². The third-order valence-electron chi connectivity index (χ3n) is 3.40. The van der Waals surface area contributed by atoms with Gasteiger partial charge in [-0.3, -0.25) is 0 Å². The van der Waals surface area contributed by atoms with Crippen LogP contribution in [0.4, 0.5) is 5.82 Å². The molecular weight excluding hydrogens is 374 g/mol. The molecule has 1 aromatic heterocycles. The maximum Gasteiger partial charge on any atom is 0.131 e. The van der Waals surface area contributed by atoms with E-state index in [-0.39, 0.29) is 0 Å². The Bertz CT molecular complexity index is 853. The van der Waals surface area contributed by atoms with Gasteiger partial charge in [-0.25, -0.2) is 4.98 Å². The van der Waals surface area contributed by atoms with E-state index < -0.39 is 0 Å². The molecule has 0 bridgehead atoms. The van der Waals surface area contributed by atoms with E-state index in [1.807, 2.05) is 6.07 Å². The average Bonchev–Trinajstić information content (AvgIpc) is 2.49. The highest BCUT2D eigenvalue weighted by molar-refractivity contribution is 6.40. The molecule has 23 heavy (non-hydrogen) atoms. The normalized spacial score (nSPS) is 10.8. The van der Waals surface area contributed by atoms with Crippen LogP contribution < -0.4 is 5.73 Å². The highest BCUT2D eigenvalue weighted by Gasteiger charge is 2.16. The van der Waals surface area contributed by atoms with Crippen LogP contribution >= 0.6 is 46.4 Å². The summed E-state index contributed by atoms with van der Waals surface area (Å²) < 4.78 is 0. The summed E-state index contributed by atoms with van der Waals surface area (Å²) in [5.41, 5.74) is 8.71. The Kier molecular flexibility index (Phi) is 4.69. The maximum atomic E-state index is 6.28. The molecule has 6 heteroatoms. The predicted octanol–water partition coefficient (Wildman–Crippen LogP) is 6.61. The SMILES string of the molecule is Nc1ncc(-c2c(Cl)cccc2Cl)cc1-c1c(Cl)cccc1Cl. The molecule has 0 atom stereocenters. The van der Waals surface area contributed by atoms with Gasteiger partial charge in [0.2, 0.25) is 0 Å². The van der Waals surface area contributed by atoms with E-state index in [0.29, 0.717) is 42.6 Å². The fraction of sp³-hybridized carbons (Fsp3) is 0. The molecule has 3 rings (SSSR count). The second kappa shape index (κ2) is 6.58. The minimum absolute atomic E-state index is 0.326. The first kappa shape index (κ1) is 16.4. The maximum absolute atomic E-state index is 6.28. The number of rotatable bonds is 2. The van der Waals surface area contributed by atoms with Crippen molar-refractivity contribution in [2.24, 2.45) is 0 Å². The summed E-state index contributed by atoms with van der Waals surface area (Å²) in [5, 5.41) is 2.04. The molecule has 0 saturated heterocycles. The Balaban J connectivity index is 2.26. The van der Waals surface area contributed by atoms with E-state index in [1.54, 1.807) is 42.6 Å². The van der Waals surface area contributed by atoms with E-state index in [9.17, 15) is 0 Å². The number of hydrogen-bond acceptors (Lipinski definition) is 2. The molecule has 0 unspecified atom stereocenters. The first-order valence-electron chi connectivity index (χ1n) is 6.63. The minimum Gasteiger partial charge on any atom is -0.383 e. The molecule has 0 aliphatic heterocycles. The van der Waals surface area contributed by atoms with Crippen LogP contribution in [0, 0.1) is 0 Å². The number of nitrogens with two attached hydrogens (primary N) is 1. The average molecular weight is 384 g/mol. The van der Waals surface area contributed by atoms with Gasteiger partial charge in [-0.1, -0.05) is 58.5 Å². The lowest BCUT2D eigenvalue weighted by molar-refractivity contribution is 1.33. The van der Waals surface area contributed by atoms with Crippen molar-refractivity contribution in [3.05, 3.63) is 68.8 Å². The quantitative estimate of drug-likeness (QED) is 0.540. The molecule has 0 spiro atoms. The van der Waals surface area contributed by atoms with Crippen molar-refractivity contribution in [2.45, 2.75) is 0 Å². The van der Waals surface area contributed by atoms with Crippen LogP contribution in [0.5, 0.6) is 0 Å². The zero-order chi connectivity index (χ0) is 16.6. The fourth-order valence-corrected chi connectivity index (χ4v) is 3.56. The van der Waals surface area contributed by atoms with Crippen molar-refractivity contribution < 1.29 is 0 Å². The van der Waals surface area contributed by atoms with Crippen molar-refractivity contribution in [2.75, 3.05) is 5.73 Å². The Morgan fingerprint density at radius 3 is 1.74 bits per heavy atom. The predicted molar refractivity (Wildman–Crippen MR) is 99.6 cm³/mol. The van der Waals surface area contributed by atoms with Crippen LogP contribution in [-0.2, 0) is 0 Å². The van der Waals surface area contributed by atoms with Gasteiger partial charge < -0.3 is 5.73 Å². The molecule has 116 valence electrons. The van der Waals surface area contributed by atoms with E-state index in [0.717, 1.165) is 5.56 Å². The van der Waals surface area contributed by atoms with Crippen molar-refractivity contribution >= 4 is 52.2 Å². The number of hydrogen-bond donors (Lipinski definition) is 1. The molecule has 2 aromatic carbocycles. The molecule has 0 aliphatic rings.